The highest BCUT2D eigenvalue weighted by Crippen LogP contribution is 2.26. The van der Waals surface area contributed by atoms with Crippen LogP contribution in [0.1, 0.15) is 15.4 Å². The monoisotopic (exact) mass is 443 g/mol. The van der Waals surface area contributed by atoms with Gasteiger partial charge < -0.3 is 9.64 Å². The van der Waals surface area contributed by atoms with E-state index in [-0.39, 0.29) is 5.91 Å². The molecular formula is C26H25N3O2S. The first-order valence-electron chi connectivity index (χ1n) is 10.8. The fourth-order valence-corrected chi connectivity index (χ4v) is 5.03. The highest BCUT2D eigenvalue weighted by atomic mass is 32.1. The highest BCUT2D eigenvalue weighted by molar-refractivity contribution is 7.09. The number of fused-ring (bicyclic) bond motifs is 1. The lowest BCUT2D eigenvalue weighted by Gasteiger charge is -2.34. The predicted molar refractivity (Wildman–Crippen MR) is 129 cm³/mol. The number of hydrogen-bond donors (Lipinski definition) is 0. The highest BCUT2D eigenvalue weighted by Gasteiger charge is 2.24. The Hall–Kier alpha value is -3.22. The molecule has 5 nitrogen and oxygen atoms in total. The number of hydrogen-bond acceptors (Lipinski definition) is 5. The summed E-state index contributed by atoms with van der Waals surface area (Å²) in [6.45, 7) is 3.98. The summed E-state index contributed by atoms with van der Waals surface area (Å²) in [5, 5.41) is 5.32. The summed E-state index contributed by atoms with van der Waals surface area (Å²) in [4.78, 5) is 22.4. The van der Waals surface area contributed by atoms with E-state index in [4.69, 9.17) is 9.72 Å². The van der Waals surface area contributed by atoms with E-state index in [2.05, 4.69) is 28.5 Å². The van der Waals surface area contributed by atoms with Crippen molar-refractivity contribution in [1.82, 2.24) is 14.8 Å². The van der Waals surface area contributed by atoms with Crippen molar-refractivity contribution in [3.05, 3.63) is 82.7 Å². The number of carbonyl (C=O) groups excluding carboxylic acids is 1. The van der Waals surface area contributed by atoms with Crippen LogP contribution in [0.25, 0.3) is 22.0 Å². The molecule has 32 heavy (non-hydrogen) atoms. The van der Waals surface area contributed by atoms with Crippen LogP contribution in [0.15, 0.2) is 72.1 Å². The molecule has 0 bridgehead atoms. The first-order valence-corrected chi connectivity index (χ1v) is 11.7. The summed E-state index contributed by atoms with van der Waals surface area (Å²) in [5.74, 6) is 0.958. The van der Waals surface area contributed by atoms with E-state index >= 15 is 0 Å². The number of benzene rings is 3. The van der Waals surface area contributed by atoms with Crippen LogP contribution in [0.3, 0.4) is 0 Å². The molecule has 0 N–H and O–H groups in total. The van der Waals surface area contributed by atoms with Crippen LogP contribution in [-0.2, 0) is 6.54 Å². The minimum atomic E-state index is 0.121. The molecular weight excluding hydrogens is 418 g/mol. The molecule has 3 aromatic carbocycles. The van der Waals surface area contributed by atoms with Gasteiger partial charge >= 0.3 is 0 Å². The average Bonchev–Trinajstić information content (AvgIpc) is 3.32. The molecule has 0 spiro atoms. The Morgan fingerprint density at radius 2 is 1.78 bits per heavy atom. The van der Waals surface area contributed by atoms with Crippen molar-refractivity contribution >= 4 is 28.0 Å². The van der Waals surface area contributed by atoms with Crippen molar-refractivity contribution in [3.8, 4) is 17.0 Å². The van der Waals surface area contributed by atoms with Crippen LogP contribution >= 0.6 is 11.3 Å². The molecule has 0 saturated carbocycles. The summed E-state index contributed by atoms with van der Waals surface area (Å²) in [6, 6.07) is 22.0. The Bertz CT molecular complexity index is 1240. The third-order valence-electron chi connectivity index (χ3n) is 5.96. The number of rotatable bonds is 5. The van der Waals surface area contributed by atoms with Crippen molar-refractivity contribution in [1.29, 1.82) is 0 Å². The van der Waals surface area contributed by atoms with E-state index < -0.39 is 0 Å². The number of piperazine rings is 1. The van der Waals surface area contributed by atoms with Gasteiger partial charge in [-0.15, -0.1) is 11.3 Å². The van der Waals surface area contributed by atoms with E-state index in [1.807, 2.05) is 53.4 Å². The van der Waals surface area contributed by atoms with Crippen LogP contribution in [0, 0.1) is 0 Å². The zero-order valence-electron chi connectivity index (χ0n) is 18.0. The van der Waals surface area contributed by atoms with Gasteiger partial charge in [0.1, 0.15) is 10.8 Å². The molecule has 5 rings (SSSR count). The molecule has 0 unspecified atom stereocenters. The summed E-state index contributed by atoms with van der Waals surface area (Å²) in [7, 11) is 1.68. The van der Waals surface area contributed by atoms with Crippen molar-refractivity contribution in [2.45, 2.75) is 6.54 Å². The average molecular weight is 444 g/mol. The molecule has 2 heterocycles. The minimum absolute atomic E-state index is 0.121. The summed E-state index contributed by atoms with van der Waals surface area (Å²) >= 11 is 1.68. The number of ether oxygens (including phenoxy) is 1. The van der Waals surface area contributed by atoms with Gasteiger partial charge in [-0.25, -0.2) is 4.98 Å². The maximum absolute atomic E-state index is 13.2. The molecule has 0 radical (unpaired) electrons. The van der Waals surface area contributed by atoms with Gasteiger partial charge in [-0.2, -0.15) is 0 Å². The van der Waals surface area contributed by atoms with E-state index in [1.54, 1.807) is 18.4 Å². The molecule has 1 saturated heterocycles. The standard InChI is InChI=1S/C26H25N3O2S/c1-31-21-9-4-8-20(16-21)24-18-32-25(27-24)17-28-12-14-29(15-13-28)26(30)23-11-5-7-19-6-2-3-10-22(19)23/h2-11,16,18H,12-15,17H2,1H3. The van der Waals surface area contributed by atoms with Gasteiger partial charge in [0.15, 0.2) is 0 Å². The first kappa shape index (κ1) is 20.7. The molecule has 1 aromatic heterocycles. The Morgan fingerprint density at radius 1 is 1.00 bits per heavy atom. The van der Waals surface area contributed by atoms with Crippen molar-refractivity contribution in [2.75, 3.05) is 33.3 Å². The summed E-state index contributed by atoms with van der Waals surface area (Å²) < 4.78 is 5.32. The smallest absolute Gasteiger partial charge is 0.254 e. The summed E-state index contributed by atoms with van der Waals surface area (Å²) in [6.07, 6.45) is 0. The maximum atomic E-state index is 13.2. The topological polar surface area (TPSA) is 45.7 Å². The molecule has 1 aliphatic heterocycles. The Kier molecular flexibility index (Phi) is 5.88. The van der Waals surface area contributed by atoms with Gasteiger partial charge in [0.05, 0.1) is 19.3 Å². The maximum Gasteiger partial charge on any atom is 0.254 e. The number of nitrogens with zero attached hydrogens (tertiary/aromatic N) is 3. The number of methoxy groups -OCH3 is 1. The van der Waals surface area contributed by atoms with Gasteiger partial charge in [-0.1, -0.05) is 48.5 Å². The van der Waals surface area contributed by atoms with E-state index in [0.29, 0.717) is 0 Å². The SMILES string of the molecule is COc1cccc(-c2csc(CN3CCN(C(=O)c4cccc5ccccc45)CC3)n2)c1. The fraction of sp³-hybridized carbons (Fsp3) is 0.231. The second-order valence-corrected chi connectivity index (χ2v) is 8.90. The minimum Gasteiger partial charge on any atom is -0.497 e. The second-order valence-electron chi connectivity index (χ2n) is 7.95. The Labute approximate surface area is 191 Å². The van der Waals surface area contributed by atoms with Crippen LogP contribution in [0.4, 0.5) is 0 Å². The van der Waals surface area contributed by atoms with Gasteiger partial charge in [0.25, 0.3) is 5.91 Å². The molecule has 0 aliphatic carbocycles. The Morgan fingerprint density at radius 3 is 2.62 bits per heavy atom. The predicted octanol–water partition coefficient (Wildman–Crippen LogP) is 4.93. The van der Waals surface area contributed by atoms with Gasteiger partial charge in [-0.3, -0.25) is 9.69 Å². The molecule has 1 fully saturated rings. The van der Waals surface area contributed by atoms with Crippen molar-refractivity contribution in [3.63, 3.8) is 0 Å². The third kappa shape index (κ3) is 4.24. The van der Waals surface area contributed by atoms with E-state index in [9.17, 15) is 4.79 Å². The Balaban J connectivity index is 1.22. The van der Waals surface area contributed by atoms with Crippen LogP contribution in [0.5, 0.6) is 5.75 Å². The lowest BCUT2D eigenvalue weighted by atomic mass is 10.0. The van der Waals surface area contributed by atoms with Gasteiger partial charge in [-0.05, 0) is 29.0 Å². The van der Waals surface area contributed by atoms with Crippen LogP contribution < -0.4 is 4.74 Å². The lowest BCUT2D eigenvalue weighted by molar-refractivity contribution is 0.0630. The normalized spacial score (nSPS) is 14.6. The number of carbonyl (C=O) groups is 1. The first-order chi connectivity index (χ1) is 15.7. The zero-order valence-corrected chi connectivity index (χ0v) is 18.8. The number of amides is 1. The van der Waals surface area contributed by atoms with Crippen LogP contribution in [-0.4, -0.2) is 54.0 Å². The molecule has 1 amide bonds. The summed E-state index contributed by atoms with van der Waals surface area (Å²) in [5.41, 5.74) is 2.84. The second kappa shape index (κ2) is 9.10. The van der Waals surface area contributed by atoms with E-state index in [1.165, 1.54) is 0 Å². The molecule has 6 heteroatoms. The molecule has 0 atom stereocenters. The fourth-order valence-electron chi connectivity index (χ4n) is 4.18. The third-order valence-corrected chi connectivity index (χ3v) is 6.79. The van der Waals surface area contributed by atoms with Gasteiger partial charge in [0, 0.05) is 42.7 Å². The molecule has 4 aromatic rings. The number of thiazole rings is 1. The van der Waals surface area contributed by atoms with Crippen molar-refractivity contribution < 1.29 is 9.53 Å². The molecule has 162 valence electrons. The number of aromatic nitrogens is 1. The lowest BCUT2D eigenvalue weighted by Crippen LogP contribution is -2.48. The largest absolute Gasteiger partial charge is 0.497 e. The van der Waals surface area contributed by atoms with Gasteiger partial charge in [0.2, 0.25) is 0 Å². The van der Waals surface area contributed by atoms with E-state index in [0.717, 1.165) is 71.1 Å². The van der Waals surface area contributed by atoms with Crippen molar-refractivity contribution in [2.24, 2.45) is 0 Å². The zero-order chi connectivity index (χ0) is 21.9. The quantitative estimate of drug-likeness (QED) is 0.439. The van der Waals surface area contributed by atoms with Crippen LogP contribution in [0.2, 0.25) is 0 Å². The molecule has 1 aliphatic rings.